The van der Waals surface area contributed by atoms with Crippen molar-refractivity contribution in [2.24, 2.45) is 0 Å². The number of rotatable bonds is 2. The zero-order chi connectivity index (χ0) is 9.14. The van der Waals surface area contributed by atoms with Gasteiger partial charge in [-0.05, 0) is 30.5 Å². The Balaban J connectivity index is 3.25. The first kappa shape index (κ1) is 9.10. The third-order valence-corrected chi connectivity index (χ3v) is 1.69. The van der Waals surface area contributed by atoms with Crippen LogP contribution in [0.3, 0.4) is 0 Å². The van der Waals surface area contributed by atoms with Crippen LogP contribution in [0.25, 0.3) is 0 Å². The fourth-order valence-corrected chi connectivity index (χ4v) is 1.03. The summed E-state index contributed by atoms with van der Waals surface area (Å²) in [7, 11) is 0. The molecule has 0 bridgehead atoms. The van der Waals surface area contributed by atoms with Gasteiger partial charge >= 0.3 is 0 Å². The van der Waals surface area contributed by atoms with Crippen LogP contribution >= 0.6 is 0 Å². The zero-order valence-electron chi connectivity index (χ0n) is 6.41. The Hall–Kier alpha value is -0.990. The molecule has 0 saturated heterocycles. The van der Waals surface area contributed by atoms with Crippen LogP contribution in [0.1, 0.15) is 11.1 Å². The molecule has 1 aromatic rings. The average molecular weight is 173 g/mol. The fourth-order valence-electron chi connectivity index (χ4n) is 1.03. The molecule has 0 N–H and O–H groups in total. The van der Waals surface area contributed by atoms with Crippen molar-refractivity contribution < 1.29 is 13.2 Å². The number of hydrogen-bond donors (Lipinski definition) is 0. The van der Waals surface area contributed by atoms with Crippen molar-refractivity contribution in [3.63, 3.8) is 0 Å². The van der Waals surface area contributed by atoms with Crippen molar-refractivity contribution in [3.8, 4) is 0 Å². The monoisotopic (exact) mass is 173 g/mol. The third-order valence-electron chi connectivity index (χ3n) is 1.69. The lowest BCUT2D eigenvalue weighted by molar-refractivity contribution is 0.465. The lowest BCUT2D eigenvalue weighted by Gasteiger charge is -2.05. The predicted molar refractivity (Wildman–Crippen MR) is 40.2 cm³/mol. The summed E-state index contributed by atoms with van der Waals surface area (Å²) in [5.74, 6) is -1.94. The van der Waals surface area contributed by atoms with Crippen LogP contribution in [-0.2, 0) is 13.1 Å². The lowest BCUT2D eigenvalue weighted by atomic mass is 10.1. The second-order valence-corrected chi connectivity index (χ2v) is 2.38. The van der Waals surface area contributed by atoms with E-state index in [0.717, 1.165) is 6.07 Å². The minimum atomic E-state index is -0.986. The van der Waals surface area contributed by atoms with Gasteiger partial charge in [-0.2, -0.15) is 0 Å². The molecule has 0 aliphatic heterocycles. The smallest absolute Gasteiger partial charge is 0.162 e. The normalized spacial score (nSPS) is 10.3. The standard InChI is InChI=1S/C9H8F3/c1-2-7-6(5-10)3-4-8(11)9(7)12/h3-4H,1-2,5H2. The van der Waals surface area contributed by atoms with Crippen molar-refractivity contribution in [1.82, 2.24) is 0 Å². The molecule has 0 atom stereocenters. The van der Waals surface area contributed by atoms with Gasteiger partial charge in [-0.25, -0.2) is 13.2 Å². The molecule has 0 aromatic heterocycles. The molecule has 0 fully saturated rings. The highest BCUT2D eigenvalue weighted by Crippen LogP contribution is 2.18. The second kappa shape index (κ2) is 3.61. The molecule has 12 heavy (non-hydrogen) atoms. The summed E-state index contributed by atoms with van der Waals surface area (Å²) >= 11 is 0. The number of alkyl halides is 1. The van der Waals surface area contributed by atoms with Crippen LogP contribution in [0, 0.1) is 18.6 Å². The van der Waals surface area contributed by atoms with Crippen LogP contribution in [0.4, 0.5) is 13.2 Å². The van der Waals surface area contributed by atoms with Crippen LogP contribution in [0.15, 0.2) is 12.1 Å². The van der Waals surface area contributed by atoms with Crippen LogP contribution in [0.5, 0.6) is 0 Å². The summed E-state index contributed by atoms with van der Waals surface area (Å²) < 4.78 is 37.6. The van der Waals surface area contributed by atoms with E-state index in [1.165, 1.54) is 6.07 Å². The number of benzene rings is 1. The van der Waals surface area contributed by atoms with E-state index in [2.05, 4.69) is 6.92 Å². The van der Waals surface area contributed by atoms with Gasteiger partial charge in [0.05, 0.1) is 0 Å². The second-order valence-electron chi connectivity index (χ2n) is 2.38. The summed E-state index contributed by atoms with van der Waals surface area (Å²) in [5, 5.41) is 0. The quantitative estimate of drug-likeness (QED) is 0.645. The van der Waals surface area contributed by atoms with Gasteiger partial charge in [0.1, 0.15) is 6.67 Å². The molecule has 3 heteroatoms. The molecule has 0 amide bonds. The summed E-state index contributed by atoms with van der Waals surface area (Å²) in [6.07, 6.45) is 0.0584. The molecule has 0 heterocycles. The molecule has 1 radical (unpaired) electrons. The summed E-state index contributed by atoms with van der Waals surface area (Å²) in [6.45, 7) is 2.60. The highest BCUT2D eigenvalue weighted by atomic mass is 19.2. The highest BCUT2D eigenvalue weighted by Gasteiger charge is 2.10. The van der Waals surface area contributed by atoms with E-state index in [1.807, 2.05) is 0 Å². The van der Waals surface area contributed by atoms with Crippen LogP contribution < -0.4 is 0 Å². The molecule has 1 aromatic carbocycles. The summed E-state index contributed by atoms with van der Waals surface area (Å²) in [4.78, 5) is 0. The maximum Gasteiger partial charge on any atom is 0.162 e. The van der Waals surface area contributed by atoms with Gasteiger partial charge in [0, 0.05) is 0 Å². The number of hydrogen-bond acceptors (Lipinski definition) is 0. The van der Waals surface area contributed by atoms with E-state index >= 15 is 0 Å². The molecule has 0 aliphatic rings. The maximum absolute atomic E-state index is 12.9. The van der Waals surface area contributed by atoms with Crippen molar-refractivity contribution in [2.75, 3.05) is 0 Å². The van der Waals surface area contributed by atoms with E-state index in [9.17, 15) is 13.2 Å². The van der Waals surface area contributed by atoms with E-state index in [-0.39, 0.29) is 17.5 Å². The first-order valence-electron chi connectivity index (χ1n) is 3.51. The zero-order valence-corrected chi connectivity index (χ0v) is 6.41. The van der Waals surface area contributed by atoms with Gasteiger partial charge in [0.15, 0.2) is 11.6 Å². The van der Waals surface area contributed by atoms with Gasteiger partial charge < -0.3 is 0 Å². The van der Waals surface area contributed by atoms with Crippen LogP contribution in [-0.4, -0.2) is 0 Å². The number of halogens is 3. The first-order valence-corrected chi connectivity index (χ1v) is 3.51. The van der Waals surface area contributed by atoms with Gasteiger partial charge in [-0.15, -0.1) is 0 Å². The van der Waals surface area contributed by atoms with Gasteiger partial charge in [-0.3, -0.25) is 0 Å². The SMILES string of the molecule is [CH2]Cc1c(CF)ccc(F)c1F. The topological polar surface area (TPSA) is 0 Å². The van der Waals surface area contributed by atoms with Crippen molar-refractivity contribution in [2.45, 2.75) is 13.1 Å². The summed E-state index contributed by atoms with van der Waals surface area (Å²) in [5.41, 5.74) is 0.196. The van der Waals surface area contributed by atoms with Gasteiger partial charge in [-0.1, -0.05) is 6.07 Å². The Kier molecular flexibility index (Phi) is 2.74. The molecule has 65 valence electrons. The Bertz CT molecular complexity index is 281. The summed E-state index contributed by atoms with van der Waals surface area (Å²) in [6, 6.07) is 2.16. The fraction of sp³-hybridized carbons (Fsp3) is 0.222. The van der Waals surface area contributed by atoms with Crippen molar-refractivity contribution in [3.05, 3.63) is 41.8 Å². The first-order chi connectivity index (χ1) is 5.70. The Morgan fingerprint density at radius 3 is 2.42 bits per heavy atom. The van der Waals surface area contributed by atoms with Gasteiger partial charge in [0.2, 0.25) is 0 Å². The predicted octanol–water partition coefficient (Wildman–Crippen LogP) is 2.81. The molecule has 0 aliphatic carbocycles. The third kappa shape index (κ3) is 1.44. The van der Waals surface area contributed by atoms with Crippen molar-refractivity contribution >= 4 is 0 Å². The van der Waals surface area contributed by atoms with E-state index in [0.29, 0.717) is 0 Å². The Morgan fingerprint density at radius 2 is 1.92 bits per heavy atom. The maximum atomic E-state index is 12.9. The molecule has 0 unspecified atom stereocenters. The van der Waals surface area contributed by atoms with E-state index in [4.69, 9.17) is 0 Å². The van der Waals surface area contributed by atoms with Crippen LogP contribution in [0.2, 0.25) is 0 Å². The minimum absolute atomic E-state index is 0.0255. The Morgan fingerprint density at radius 1 is 1.25 bits per heavy atom. The molecule has 0 spiro atoms. The Labute approximate surface area is 69.0 Å². The van der Waals surface area contributed by atoms with Gasteiger partial charge in [0.25, 0.3) is 0 Å². The average Bonchev–Trinajstić information content (AvgIpc) is 2.09. The largest absolute Gasteiger partial charge is 0.246 e. The lowest BCUT2D eigenvalue weighted by Crippen LogP contribution is -1.98. The minimum Gasteiger partial charge on any atom is -0.246 e. The highest BCUT2D eigenvalue weighted by molar-refractivity contribution is 5.29. The van der Waals surface area contributed by atoms with E-state index < -0.39 is 18.3 Å². The molecule has 0 saturated carbocycles. The molecule has 1 rings (SSSR count). The molecular formula is C9H8F3. The molecule has 0 nitrogen and oxygen atoms in total. The van der Waals surface area contributed by atoms with Crippen molar-refractivity contribution in [1.29, 1.82) is 0 Å². The van der Waals surface area contributed by atoms with E-state index in [1.54, 1.807) is 0 Å². The molecular weight excluding hydrogens is 165 g/mol.